The quantitative estimate of drug-likeness (QED) is 0.290. The van der Waals surface area contributed by atoms with E-state index >= 15 is 0 Å². The van der Waals surface area contributed by atoms with Gasteiger partial charge in [0.05, 0.1) is 33.7 Å². The molecule has 7 aromatic rings. The van der Waals surface area contributed by atoms with Gasteiger partial charge in [-0.3, -0.25) is 9.13 Å². The number of hydrogen-bond donors (Lipinski definition) is 0. The van der Waals surface area contributed by atoms with Crippen molar-refractivity contribution in [2.75, 3.05) is 0 Å². The SMILES string of the molecule is N#Cc1ccc2c(c1)c1ccccc1n2-c1cccc(-n2c3ccccc3c3ccccc32)n1. The molecule has 0 aliphatic carbocycles. The zero-order valence-corrected chi connectivity index (χ0v) is 18.2. The molecule has 3 heterocycles. The normalized spacial score (nSPS) is 11.5. The molecule has 34 heavy (non-hydrogen) atoms. The minimum absolute atomic E-state index is 0.655. The van der Waals surface area contributed by atoms with Gasteiger partial charge in [0.1, 0.15) is 11.6 Å². The van der Waals surface area contributed by atoms with Gasteiger partial charge < -0.3 is 0 Å². The van der Waals surface area contributed by atoms with Crippen molar-refractivity contribution in [3.63, 3.8) is 0 Å². The smallest absolute Gasteiger partial charge is 0.140 e. The van der Waals surface area contributed by atoms with Crippen LogP contribution in [0.4, 0.5) is 0 Å². The summed E-state index contributed by atoms with van der Waals surface area (Å²) in [5, 5.41) is 14.0. The van der Waals surface area contributed by atoms with E-state index in [1.807, 2.05) is 36.4 Å². The predicted octanol–water partition coefficient (Wildman–Crippen LogP) is 7.15. The molecular formula is C30H18N4. The van der Waals surface area contributed by atoms with E-state index in [4.69, 9.17) is 4.98 Å². The lowest BCUT2D eigenvalue weighted by Crippen LogP contribution is -2.03. The Labute approximate surface area is 195 Å². The highest BCUT2D eigenvalue weighted by Gasteiger charge is 2.16. The summed E-state index contributed by atoms with van der Waals surface area (Å²) in [6.07, 6.45) is 0. The van der Waals surface area contributed by atoms with Gasteiger partial charge >= 0.3 is 0 Å². The first kappa shape index (κ1) is 18.7. The molecule has 0 unspecified atom stereocenters. The predicted molar refractivity (Wildman–Crippen MR) is 138 cm³/mol. The fraction of sp³-hybridized carbons (Fsp3) is 0. The van der Waals surface area contributed by atoms with Crippen molar-refractivity contribution in [1.29, 1.82) is 5.26 Å². The van der Waals surface area contributed by atoms with Crippen molar-refractivity contribution in [1.82, 2.24) is 14.1 Å². The van der Waals surface area contributed by atoms with Crippen LogP contribution in [0.5, 0.6) is 0 Å². The third-order valence-electron chi connectivity index (χ3n) is 6.56. The Balaban J connectivity index is 1.54. The highest BCUT2D eigenvalue weighted by atomic mass is 15.1. The lowest BCUT2D eigenvalue weighted by atomic mass is 10.1. The molecule has 0 bridgehead atoms. The lowest BCUT2D eigenvalue weighted by Gasteiger charge is -2.11. The van der Waals surface area contributed by atoms with Crippen molar-refractivity contribution in [2.45, 2.75) is 0 Å². The van der Waals surface area contributed by atoms with E-state index in [2.05, 4.69) is 88.0 Å². The van der Waals surface area contributed by atoms with Gasteiger partial charge in [-0.05, 0) is 48.5 Å². The van der Waals surface area contributed by atoms with E-state index in [1.54, 1.807) is 0 Å². The number of hydrogen-bond acceptors (Lipinski definition) is 2. The molecule has 0 spiro atoms. The van der Waals surface area contributed by atoms with Crippen LogP contribution in [0.3, 0.4) is 0 Å². The second kappa shape index (κ2) is 7.06. The molecule has 4 nitrogen and oxygen atoms in total. The van der Waals surface area contributed by atoms with Crippen LogP contribution in [-0.2, 0) is 0 Å². The third-order valence-corrected chi connectivity index (χ3v) is 6.56. The first-order chi connectivity index (χ1) is 16.8. The van der Waals surface area contributed by atoms with Gasteiger partial charge in [0, 0.05) is 21.5 Å². The Morgan fingerprint density at radius 3 is 1.50 bits per heavy atom. The number of para-hydroxylation sites is 3. The summed E-state index contributed by atoms with van der Waals surface area (Å²) in [7, 11) is 0. The van der Waals surface area contributed by atoms with Gasteiger partial charge in [0.2, 0.25) is 0 Å². The Morgan fingerprint density at radius 2 is 0.971 bits per heavy atom. The molecule has 0 N–H and O–H groups in total. The first-order valence-corrected chi connectivity index (χ1v) is 11.2. The largest absolute Gasteiger partial charge is 0.294 e. The number of rotatable bonds is 2. The van der Waals surface area contributed by atoms with Crippen molar-refractivity contribution >= 4 is 43.6 Å². The van der Waals surface area contributed by atoms with Crippen LogP contribution >= 0.6 is 0 Å². The molecule has 4 heteroatoms. The fourth-order valence-electron chi connectivity index (χ4n) is 5.12. The number of fused-ring (bicyclic) bond motifs is 6. The monoisotopic (exact) mass is 434 g/mol. The molecule has 7 rings (SSSR count). The summed E-state index contributed by atoms with van der Waals surface area (Å²) in [6, 6.07) is 39.5. The minimum Gasteiger partial charge on any atom is -0.294 e. The molecule has 158 valence electrons. The van der Waals surface area contributed by atoms with Crippen LogP contribution in [0.25, 0.3) is 55.2 Å². The van der Waals surface area contributed by atoms with Gasteiger partial charge in [0.25, 0.3) is 0 Å². The van der Waals surface area contributed by atoms with Gasteiger partial charge in [-0.2, -0.15) is 5.26 Å². The molecule has 0 amide bonds. The summed E-state index contributed by atoms with van der Waals surface area (Å²) >= 11 is 0. The summed E-state index contributed by atoms with van der Waals surface area (Å²) in [5.41, 5.74) is 5.03. The second-order valence-corrected chi connectivity index (χ2v) is 8.42. The van der Waals surface area contributed by atoms with E-state index in [1.165, 1.54) is 10.8 Å². The van der Waals surface area contributed by atoms with Crippen LogP contribution < -0.4 is 0 Å². The summed E-state index contributed by atoms with van der Waals surface area (Å²) < 4.78 is 4.42. The zero-order valence-electron chi connectivity index (χ0n) is 18.2. The van der Waals surface area contributed by atoms with Gasteiger partial charge in [-0.25, -0.2) is 4.98 Å². The minimum atomic E-state index is 0.655. The Kier molecular flexibility index (Phi) is 3.88. The van der Waals surface area contributed by atoms with E-state index in [0.717, 1.165) is 44.5 Å². The number of nitrogens with zero attached hydrogens (tertiary/aromatic N) is 4. The van der Waals surface area contributed by atoms with E-state index in [-0.39, 0.29) is 0 Å². The van der Waals surface area contributed by atoms with Crippen LogP contribution in [-0.4, -0.2) is 14.1 Å². The Bertz CT molecular complexity index is 1880. The molecule has 4 aromatic carbocycles. The van der Waals surface area contributed by atoms with Gasteiger partial charge in [-0.1, -0.05) is 60.7 Å². The van der Waals surface area contributed by atoms with E-state index in [9.17, 15) is 5.26 Å². The third kappa shape index (κ3) is 2.55. The van der Waals surface area contributed by atoms with Gasteiger partial charge in [0.15, 0.2) is 0 Å². The van der Waals surface area contributed by atoms with Crippen molar-refractivity contribution in [3.05, 3.63) is 115 Å². The maximum Gasteiger partial charge on any atom is 0.140 e. The van der Waals surface area contributed by atoms with Crippen molar-refractivity contribution < 1.29 is 0 Å². The van der Waals surface area contributed by atoms with Crippen LogP contribution in [0.2, 0.25) is 0 Å². The molecule has 0 aliphatic rings. The standard InChI is InChI=1S/C30H18N4/c31-19-20-16-17-28-24(18-20)23-10-3-6-13-27(23)34(28)30-15-7-14-29(32-30)33-25-11-4-1-8-21(25)22-9-2-5-12-26(22)33/h1-18H. The molecule has 0 radical (unpaired) electrons. The Morgan fingerprint density at radius 1 is 0.500 bits per heavy atom. The zero-order chi connectivity index (χ0) is 22.6. The molecule has 3 aromatic heterocycles. The fourth-order valence-corrected chi connectivity index (χ4v) is 5.12. The molecule has 0 atom stereocenters. The van der Waals surface area contributed by atoms with Gasteiger partial charge in [-0.15, -0.1) is 0 Å². The average molecular weight is 435 g/mol. The molecular weight excluding hydrogens is 416 g/mol. The van der Waals surface area contributed by atoms with E-state index < -0.39 is 0 Å². The van der Waals surface area contributed by atoms with Crippen molar-refractivity contribution in [3.8, 4) is 17.7 Å². The molecule has 0 fully saturated rings. The number of pyridine rings is 1. The molecule has 0 saturated heterocycles. The van der Waals surface area contributed by atoms with E-state index in [0.29, 0.717) is 5.56 Å². The first-order valence-electron chi connectivity index (χ1n) is 11.2. The second-order valence-electron chi connectivity index (χ2n) is 8.42. The highest BCUT2D eigenvalue weighted by Crippen LogP contribution is 2.34. The molecule has 0 saturated carbocycles. The van der Waals surface area contributed by atoms with Crippen LogP contribution in [0, 0.1) is 11.3 Å². The maximum atomic E-state index is 9.44. The number of benzene rings is 4. The number of nitriles is 1. The summed E-state index contributed by atoms with van der Waals surface area (Å²) in [6.45, 7) is 0. The van der Waals surface area contributed by atoms with Crippen LogP contribution in [0.15, 0.2) is 109 Å². The topological polar surface area (TPSA) is 46.5 Å². The van der Waals surface area contributed by atoms with Crippen LogP contribution in [0.1, 0.15) is 5.56 Å². The molecule has 0 aliphatic heterocycles. The Hall–Kier alpha value is -4.88. The maximum absolute atomic E-state index is 9.44. The summed E-state index contributed by atoms with van der Waals surface area (Å²) in [5.74, 6) is 1.71. The lowest BCUT2D eigenvalue weighted by molar-refractivity contribution is 1.01. The number of aromatic nitrogens is 3. The summed E-state index contributed by atoms with van der Waals surface area (Å²) in [4.78, 5) is 5.16. The highest BCUT2D eigenvalue weighted by molar-refractivity contribution is 6.10. The average Bonchev–Trinajstić information content (AvgIpc) is 3.41. The van der Waals surface area contributed by atoms with Crippen molar-refractivity contribution in [2.24, 2.45) is 0 Å².